The number of hydrogen-bond donors (Lipinski definition) is 3. The monoisotopic (exact) mass is 715 g/mol. The van der Waals surface area contributed by atoms with Crippen LogP contribution in [-0.2, 0) is 22.5 Å². The van der Waals surface area contributed by atoms with Gasteiger partial charge in [0.1, 0.15) is 12.4 Å². The molecule has 2 amide bonds. The lowest BCUT2D eigenvalue weighted by Crippen LogP contribution is -2.52. The highest BCUT2D eigenvalue weighted by molar-refractivity contribution is 6.31. The highest BCUT2D eigenvalue weighted by Gasteiger charge is 2.56. The minimum atomic E-state index is -5.37. The summed E-state index contributed by atoms with van der Waals surface area (Å²) >= 11 is 5.98. The Morgan fingerprint density at radius 2 is 1.70 bits per heavy atom. The number of alkyl carbamates (subject to hydrolysis) is 1. The standard InChI is InChI=1S/C36H34ClF4N3O6/c1-34(2,44-33(46)49-19-21-7-5-4-6-8-21)24-17-28(22-9-13-27(38)26(37)15-22)43-31(18-24)35(47,36(39,40)41)20-42-32(45)23-10-14-29(30(16-23)48-3)50-25-11-12-25/h4-10,13-18,25,47H,11-12,19-20H2,1-3H3,(H,42,45)(H,44,46). The molecule has 4 aromatic rings. The van der Waals surface area contributed by atoms with Crippen molar-refractivity contribution >= 4 is 23.6 Å². The number of ether oxygens (including phenoxy) is 3. The van der Waals surface area contributed by atoms with Crippen molar-refractivity contribution in [3.63, 3.8) is 0 Å². The van der Waals surface area contributed by atoms with Gasteiger partial charge in [-0.1, -0.05) is 41.9 Å². The van der Waals surface area contributed by atoms with Crippen molar-refractivity contribution in [3.8, 4) is 22.8 Å². The zero-order valence-corrected chi connectivity index (χ0v) is 28.0. The third kappa shape index (κ3) is 8.45. The number of amides is 2. The number of carbonyl (C=O) groups is 2. The number of halogens is 5. The summed E-state index contributed by atoms with van der Waals surface area (Å²) < 4.78 is 75.0. The topological polar surface area (TPSA) is 119 Å². The molecule has 1 unspecified atom stereocenters. The summed E-state index contributed by atoms with van der Waals surface area (Å²) in [5, 5.41) is 15.8. The molecule has 0 aliphatic heterocycles. The van der Waals surface area contributed by atoms with Gasteiger partial charge in [-0.15, -0.1) is 0 Å². The van der Waals surface area contributed by atoms with E-state index in [0.717, 1.165) is 25.0 Å². The van der Waals surface area contributed by atoms with Crippen molar-refractivity contribution in [3.05, 3.63) is 112 Å². The molecule has 5 rings (SSSR count). The summed E-state index contributed by atoms with van der Waals surface area (Å²) in [4.78, 5) is 30.1. The van der Waals surface area contributed by atoms with E-state index in [2.05, 4.69) is 15.6 Å². The molecule has 1 heterocycles. The summed E-state index contributed by atoms with van der Waals surface area (Å²) in [6, 6.07) is 18.8. The number of hydrogen-bond acceptors (Lipinski definition) is 7. The highest BCUT2D eigenvalue weighted by Crippen LogP contribution is 2.41. The average molecular weight is 716 g/mol. The van der Waals surface area contributed by atoms with Gasteiger partial charge in [0.05, 0.1) is 41.7 Å². The van der Waals surface area contributed by atoms with Crippen LogP contribution < -0.4 is 20.1 Å². The molecule has 3 aromatic carbocycles. The number of carbonyl (C=O) groups excluding carboxylic acids is 2. The molecular weight excluding hydrogens is 682 g/mol. The molecule has 50 heavy (non-hydrogen) atoms. The summed E-state index contributed by atoms with van der Waals surface area (Å²) in [5.41, 5.74) is -5.32. The van der Waals surface area contributed by atoms with E-state index in [-0.39, 0.29) is 45.9 Å². The van der Waals surface area contributed by atoms with E-state index in [4.69, 9.17) is 25.8 Å². The smallest absolute Gasteiger partial charge is 0.424 e. The van der Waals surface area contributed by atoms with E-state index < -0.39 is 47.4 Å². The van der Waals surface area contributed by atoms with E-state index in [0.29, 0.717) is 11.3 Å². The molecule has 9 nitrogen and oxygen atoms in total. The van der Waals surface area contributed by atoms with Gasteiger partial charge in [-0.25, -0.2) is 14.2 Å². The molecule has 0 bridgehead atoms. The second kappa shape index (κ2) is 14.5. The van der Waals surface area contributed by atoms with Crippen LogP contribution in [0.3, 0.4) is 0 Å². The van der Waals surface area contributed by atoms with E-state index in [1.807, 2.05) is 0 Å². The summed E-state index contributed by atoms with van der Waals surface area (Å²) in [7, 11) is 1.36. The van der Waals surface area contributed by atoms with Gasteiger partial charge >= 0.3 is 12.3 Å². The highest BCUT2D eigenvalue weighted by atomic mass is 35.5. The third-order valence-corrected chi connectivity index (χ3v) is 8.32. The second-order valence-electron chi connectivity index (χ2n) is 12.3. The van der Waals surface area contributed by atoms with Crippen molar-refractivity contribution in [1.82, 2.24) is 15.6 Å². The lowest BCUT2D eigenvalue weighted by Gasteiger charge is -2.33. The van der Waals surface area contributed by atoms with Gasteiger partial charge in [-0.2, -0.15) is 13.2 Å². The number of aliphatic hydroxyl groups is 1. The molecule has 1 fully saturated rings. The van der Waals surface area contributed by atoms with Gasteiger partial charge in [0.15, 0.2) is 11.5 Å². The fourth-order valence-electron chi connectivity index (χ4n) is 4.91. The van der Waals surface area contributed by atoms with Crippen LogP contribution >= 0.6 is 11.6 Å². The molecule has 1 aromatic heterocycles. The average Bonchev–Trinajstić information content (AvgIpc) is 3.91. The van der Waals surface area contributed by atoms with Crippen LogP contribution in [0.2, 0.25) is 5.02 Å². The molecule has 14 heteroatoms. The predicted molar refractivity (Wildman–Crippen MR) is 176 cm³/mol. The maximum Gasteiger partial charge on any atom is 0.424 e. The Labute approximate surface area is 290 Å². The zero-order chi connectivity index (χ0) is 36.3. The van der Waals surface area contributed by atoms with Gasteiger partial charge in [0, 0.05) is 11.1 Å². The fourth-order valence-corrected chi connectivity index (χ4v) is 5.09. The van der Waals surface area contributed by atoms with Gasteiger partial charge < -0.3 is 30.0 Å². The number of pyridine rings is 1. The predicted octanol–water partition coefficient (Wildman–Crippen LogP) is 7.43. The first-order valence-electron chi connectivity index (χ1n) is 15.5. The zero-order valence-electron chi connectivity index (χ0n) is 27.2. The summed E-state index contributed by atoms with van der Waals surface area (Å²) in [6.07, 6.45) is -4.46. The number of alkyl halides is 3. The molecule has 0 spiro atoms. The molecule has 1 aliphatic carbocycles. The van der Waals surface area contributed by atoms with Crippen molar-refractivity contribution in [2.45, 2.75) is 56.7 Å². The number of benzene rings is 3. The van der Waals surface area contributed by atoms with Crippen molar-refractivity contribution in [2.75, 3.05) is 13.7 Å². The second-order valence-corrected chi connectivity index (χ2v) is 12.7. The van der Waals surface area contributed by atoms with Crippen LogP contribution in [0.15, 0.2) is 78.9 Å². The summed E-state index contributed by atoms with van der Waals surface area (Å²) in [5.74, 6) is -1.11. The Hall–Kier alpha value is -4.88. The molecule has 1 saturated carbocycles. The normalized spacial score (nSPS) is 14.3. The van der Waals surface area contributed by atoms with Crippen molar-refractivity contribution in [1.29, 1.82) is 0 Å². The quantitative estimate of drug-likeness (QED) is 0.131. The van der Waals surface area contributed by atoms with Gasteiger partial charge in [-0.05, 0) is 86.3 Å². The van der Waals surface area contributed by atoms with E-state index in [9.17, 15) is 32.3 Å². The van der Waals surface area contributed by atoms with Crippen LogP contribution in [-0.4, -0.2) is 48.0 Å². The van der Waals surface area contributed by atoms with Gasteiger partial charge in [0.2, 0.25) is 5.60 Å². The van der Waals surface area contributed by atoms with Crippen LogP contribution in [0.25, 0.3) is 11.3 Å². The Morgan fingerprint density at radius 1 is 0.980 bits per heavy atom. The van der Waals surface area contributed by atoms with Crippen LogP contribution in [0.5, 0.6) is 11.5 Å². The molecule has 1 aliphatic rings. The van der Waals surface area contributed by atoms with Crippen LogP contribution in [0.4, 0.5) is 22.4 Å². The molecular formula is C36H34ClF4N3O6. The maximum absolute atomic E-state index is 14.9. The molecule has 0 saturated heterocycles. The largest absolute Gasteiger partial charge is 0.493 e. The molecule has 264 valence electrons. The van der Waals surface area contributed by atoms with E-state index >= 15 is 0 Å². The lowest BCUT2D eigenvalue weighted by atomic mass is 9.88. The first-order chi connectivity index (χ1) is 23.6. The van der Waals surface area contributed by atoms with Gasteiger partial charge in [-0.3, -0.25) is 4.79 Å². The van der Waals surface area contributed by atoms with Crippen LogP contribution in [0.1, 0.15) is 53.9 Å². The van der Waals surface area contributed by atoms with Crippen LogP contribution in [0, 0.1) is 5.82 Å². The molecule has 0 radical (unpaired) electrons. The Bertz CT molecular complexity index is 1870. The lowest BCUT2D eigenvalue weighted by molar-refractivity contribution is -0.265. The van der Waals surface area contributed by atoms with E-state index in [1.165, 1.54) is 57.4 Å². The number of nitrogens with one attached hydrogen (secondary N) is 2. The number of aromatic nitrogens is 1. The minimum Gasteiger partial charge on any atom is -0.493 e. The minimum absolute atomic E-state index is 0.0320. The van der Waals surface area contributed by atoms with Crippen molar-refractivity contribution < 1.29 is 46.5 Å². The Morgan fingerprint density at radius 3 is 2.34 bits per heavy atom. The number of nitrogens with zero attached hydrogens (tertiary/aromatic N) is 1. The first-order valence-corrected chi connectivity index (χ1v) is 15.9. The summed E-state index contributed by atoms with van der Waals surface area (Å²) in [6.45, 7) is 1.61. The third-order valence-electron chi connectivity index (χ3n) is 8.03. The Balaban J connectivity index is 1.47. The van der Waals surface area contributed by atoms with Crippen molar-refractivity contribution in [2.24, 2.45) is 0 Å². The number of methoxy groups -OCH3 is 1. The Kier molecular flexibility index (Phi) is 10.6. The fraction of sp³-hybridized carbons (Fsp3) is 0.306. The SMILES string of the molecule is COc1cc(C(=O)NCC(O)(c2cc(C(C)(C)NC(=O)OCc3ccccc3)cc(-c3ccc(F)c(Cl)c3)n2)C(F)(F)F)ccc1OC1CC1. The van der Waals surface area contributed by atoms with E-state index in [1.54, 1.807) is 30.3 Å². The first kappa shape index (κ1) is 36.4. The maximum atomic E-state index is 14.9. The number of rotatable bonds is 12. The van der Waals surface area contributed by atoms with Gasteiger partial charge in [0.25, 0.3) is 5.91 Å². The molecule has 1 atom stereocenters. The molecule has 3 N–H and O–H groups in total.